The third kappa shape index (κ3) is 3.77. The van der Waals surface area contributed by atoms with Crippen LogP contribution in [-0.4, -0.2) is 35.4 Å². The SMILES string of the molecule is Cc1cc(=O)c(C(=O)N2C[C@@H]3CNC[C@@H]3[C@H]2c2ccccc2C)c[nH]1.Cl.Cl. The lowest BCUT2D eigenvalue weighted by Gasteiger charge is -2.29. The molecule has 1 amide bonds. The smallest absolute Gasteiger partial charge is 0.259 e. The van der Waals surface area contributed by atoms with E-state index in [4.69, 9.17) is 0 Å². The molecule has 4 rings (SSSR count). The van der Waals surface area contributed by atoms with Crippen LogP contribution in [0.1, 0.15) is 33.2 Å². The molecule has 1 aromatic carbocycles. The van der Waals surface area contributed by atoms with Crippen molar-refractivity contribution in [3.05, 3.63) is 69.1 Å². The molecule has 0 radical (unpaired) electrons. The highest BCUT2D eigenvalue weighted by Gasteiger charge is 2.47. The number of fused-ring (bicyclic) bond motifs is 1. The standard InChI is InChI=1S/C20H23N3O2.2ClH/c1-12-5-3-4-6-15(12)19-16-9-21-8-14(16)11-23(19)20(25)17-10-22-13(2)7-18(17)24;;/h3-7,10,14,16,19,21H,8-9,11H2,1-2H3,(H,22,24);2*1H/t14-,16-,19+;;/m0../s1. The average Bonchev–Trinajstić information content (AvgIpc) is 3.16. The largest absolute Gasteiger partial charge is 0.364 e. The maximum atomic E-state index is 13.2. The van der Waals surface area contributed by atoms with Crippen LogP contribution in [0.15, 0.2) is 41.3 Å². The third-order valence-corrected chi connectivity index (χ3v) is 5.62. The number of aromatic amines is 1. The first-order valence-corrected chi connectivity index (χ1v) is 8.83. The van der Waals surface area contributed by atoms with E-state index in [1.54, 1.807) is 6.20 Å². The molecule has 0 unspecified atom stereocenters. The Hall–Kier alpha value is -1.82. The van der Waals surface area contributed by atoms with Crippen LogP contribution in [0.2, 0.25) is 0 Å². The Morgan fingerprint density at radius 2 is 1.89 bits per heavy atom. The number of aromatic nitrogens is 1. The molecule has 27 heavy (non-hydrogen) atoms. The van der Waals surface area contributed by atoms with Crippen molar-refractivity contribution in [2.45, 2.75) is 19.9 Å². The summed E-state index contributed by atoms with van der Waals surface area (Å²) < 4.78 is 0. The number of hydrogen-bond acceptors (Lipinski definition) is 3. The van der Waals surface area contributed by atoms with Crippen LogP contribution in [0.5, 0.6) is 0 Å². The first kappa shape index (κ1) is 21.5. The second kappa shape index (κ2) is 8.46. The monoisotopic (exact) mass is 409 g/mol. The summed E-state index contributed by atoms with van der Waals surface area (Å²) in [5.74, 6) is 0.677. The fourth-order valence-corrected chi connectivity index (χ4v) is 4.34. The van der Waals surface area contributed by atoms with Crippen LogP contribution in [-0.2, 0) is 0 Å². The molecule has 2 saturated heterocycles. The minimum absolute atomic E-state index is 0. The minimum atomic E-state index is -0.208. The molecule has 5 nitrogen and oxygen atoms in total. The number of rotatable bonds is 2. The number of carbonyl (C=O) groups is 1. The van der Waals surface area contributed by atoms with Gasteiger partial charge >= 0.3 is 0 Å². The highest BCUT2D eigenvalue weighted by molar-refractivity contribution is 5.94. The van der Waals surface area contributed by atoms with E-state index in [2.05, 4.69) is 29.4 Å². The molecular formula is C20H25Cl2N3O2. The number of nitrogens with one attached hydrogen (secondary N) is 2. The second-order valence-corrected chi connectivity index (χ2v) is 7.24. The Balaban J connectivity index is 0.00000131. The lowest BCUT2D eigenvalue weighted by Crippen LogP contribution is -2.37. The van der Waals surface area contributed by atoms with Gasteiger partial charge in [-0.25, -0.2) is 0 Å². The van der Waals surface area contributed by atoms with E-state index < -0.39 is 0 Å². The third-order valence-electron chi connectivity index (χ3n) is 5.62. The van der Waals surface area contributed by atoms with Gasteiger partial charge in [-0.1, -0.05) is 24.3 Å². The topological polar surface area (TPSA) is 65.2 Å². The molecule has 2 aromatic rings. The Kier molecular flexibility index (Phi) is 6.73. The number of benzene rings is 1. The number of likely N-dealkylation sites (tertiary alicyclic amines) is 1. The molecule has 0 spiro atoms. The molecule has 7 heteroatoms. The van der Waals surface area contributed by atoms with Gasteiger partial charge in [-0.3, -0.25) is 9.59 Å². The van der Waals surface area contributed by atoms with E-state index in [0.717, 1.165) is 18.8 Å². The summed E-state index contributed by atoms with van der Waals surface area (Å²) in [6.45, 7) is 6.45. The second-order valence-electron chi connectivity index (χ2n) is 7.24. The highest BCUT2D eigenvalue weighted by Crippen LogP contribution is 2.43. The first-order valence-electron chi connectivity index (χ1n) is 8.83. The van der Waals surface area contributed by atoms with Crippen LogP contribution in [0.4, 0.5) is 0 Å². The molecule has 1 aromatic heterocycles. The Morgan fingerprint density at radius 3 is 2.59 bits per heavy atom. The van der Waals surface area contributed by atoms with E-state index in [-0.39, 0.29) is 47.8 Å². The van der Waals surface area contributed by atoms with Gasteiger partial charge in [-0.2, -0.15) is 0 Å². The summed E-state index contributed by atoms with van der Waals surface area (Å²) in [5.41, 5.74) is 3.17. The molecule has 3 atom stereocenters. The van der Waals surface area contributed by atoms with Crippen molar-refractivity contribution in [2.24, 2.45) is 11.8 Å². The van der Waals surface area contributed by atoms with Crippen molar-refractivity contribution in [3.63, 3.8) is 0 Å². The number of hydrogen-bond donors (Lipinski definition) is 2. The molecule has 2 N–H and O–H groups in total. The number of nitrogens with zero attached hydrogens (tertiary/aromatic N) is 1. The maximum absolute atomic E-state index is 13.2. The zero-order chi connectivity index (χ0) is 17.6. The first-order chi connectivity index (χ1) is 12.1. The Bertz CT molecular complexity index is 884. The normalized spacial score (nSPS) is 23.3. The number of H-pyrrole nitrogens is 1. The molecule has 0 saturated carbocycles. The number of aryl methyl sites for hydroxylation is 2. The fraction of sp³-hybridized carbons (Fsp3) is 0.400. The predicted molar refractivity (Wildman–Crippen MR) is 111 cm³/mol. The van der Waals surface area contributed by atoms with Crippen LogP contribution < -0.4 is 10.7 Å². The zero-order valence-corrected chi connectivity index (χ0v) is 17.0. The summed E-state index contributed by atoms with van der Waals surface area (Å²) in [6, 6.07) is 9.77. The Morgan fingerprint density at radius 1 is 1.15 bits per heavy atom. The molecule has 2 fully saturated rings. The summed E-state index contributed by atoms with van der Waals surface area (Å²) >= 11 is 0. The molecule has 146 valence electrons. The maximum Gasteiger partial charge on any atom is 0.259 e. The van der Waals surface area contributed by atoms with Crippen molar-refractivity contribution in [2.75, 3.05) is 19.6 Å². The van der Waals surface area contributed by atoms with Crippen molar-refractivity contribution < 1.29 is 4.79 Å². The zero-order valence-electron chi connectivity index (χ0n) is 15.4. The predicted octanol–water partition coefficient (Wildman–Crippen LogP) is 2.87. The van der Waals surface area contributed by atoms with Gasteiger partial charge in [0.25, 0.3) is 5.91 Å². The lowest BCUT2D eigenvalue weighted by atomic mass is 9.87. The van der Waals surface area contributed by atoms with E-state index >= 15 is 0 Å². The summed E-state index contributed by atoms with van der Waals surface area (Å²) in [4.78, 5) is 30.4. The summed E-state index contributed by atoms with van der Waals surface area (Å²) in [7, 11) is 0. The van der Waals surface area contributed by atoms with E-state index in [1.807, 2.05) is 24.0 Å². The summed E-state index contributed by atoms with van der Waals surface area (Å²) in [5, 5.41) is 3.46. The van der Waals surface area contributed by atoms with Crippen LogP contribution in [0.3, 0.4) is 0 Å². The van der Waals surface area contributed by atoms with Crippen molar-refractivity contribution in [1.29, 1.82) is 0 Å². The number of carbonyl (C=O) groups excluding carboxylic acids is 1. The fourth-order valence-electron chi connectivity index (χ4n) is 4.34. The number of amides is 1. The minimum Gasteiger partial charge on any atom is -0.364 e. The quantitative estimate of drug-likeness (QED) is 0.801. The number of pyridine rings is 1. The molecule has 2 aliphatic rings. The average molecular weight is 410 g/mol. The van der Waals surface area contributed by atoms with E-state index in [0.29, 0.717) is 18.4 Å². The molecule has 2 aliphatic heterocycles. The molecule has 0 bridgehead atoms. The van der Waals surface area contributed by atoms with Crippen LogP contribution in [0.25, 0.3) is 0 Å². The van der Waals surface area contributed by atoms with Gasteiger partial charge in [0.05, 0.1) is 6.04 Å². The molecular weight excluding hydrogens is 385 g/mol. The van der Waals surface area contributed by atoms with Gasteiger partial charge in [0.1, 0.15) is 5.56 Å². The highest BCUT2D eigenvalue weighted by atomic mass is 35.5. The van der Waals surface area contributed by atoms with Gasteiger partial charge in [-0.05, 0) is 30.9 Å². The van der Waals surface area contributed by atoms with E-state index in [9.17, 15) is 9.59 Å². The molecule has 0 aliphatic carbocycles. The van der Waals surface area contributed by atoms with Gasteiger partial charge in [0, 0.05) is 43.5 Å². The van der Waals surface area contributed by atoms with Crippen molar-refractivity contribution in [1.82, 2.24) is 15.2 Å². The Labute approximate surface area is 171 Å². The van der Waals surface area contributed by atoms with Crippen LogP contribution >= 0.6 is 24.8 Å². The van der Waals surface area contributed by atoms with Crippen LogP contribution in [0, 0.1) is 25.7 Å². The van der Waals surface area contributed by atoms with Crippen molar-refractivity contribution in [3.8, 4) is 0 Å². The lowest BCUT2D eigenvalue weighted by molar-refractivity contribution is 0.0712. The van der Waals surface area contributed by atoms with Gasteiger partial charge in [-0.15, -0.1) is 24.8 Å². The van der Waals surface area contributed by atoms with Gasteiger partial charge < -0.3 is 15.2 Å². The summed E-state index contributed by atoms with van der Waals surface area (Å²) in [6.07, 6.45) is 1.56. The van der Waals surface area contributed by atoms with E-state index in [1.165, 1.54) is 17.2 Å². The van der Waals surface area contributed by atoms with Gasteiger partial charge in [0.15, 0.2) is 5.43 Å². The molecule has 3 heterocycles. The van der Waals surface area contributed by atoms with Crippen molar-refractivity contribution >= 4 is 30.7 Å². The number of halogens is 2. The van der Waals surface area contributed by atoms with Gasteiger partial charge in [0.2, 0.25) is 0 Å².